The largest absolute Gasteiger partial charge is 0.573 e. The lowest BCUT2D eigenvalue weighted by molar-refractivity contribution is -0.274. The number of alkyl halides is 3. The Bertz CT molecular complexity index is 450. The summed E-state index contributed by atoms with van der Waals surface area (Å²) in [6.45, 7) is 7.14. The highest BCUT2D eigenvalue weighted by Gasteiger charge is 2.30. The second-order valence-electron chi connectivity index (χ2n) is 5.32. The number of nitrogens with one attached hydrogen (secondary N) is 1. The zero-order valence-electron chi connectivity index (χ0n) is 12.6. The fourth-order valence-electron chi connectivity index (χ4n) is 1.89. The standard InChI is InChI=1S/C16H22F3NO/c1-12(2)20-10-4-5-13(3)11-14-6-8-15(9-7-14)21-16(17,18)19/h5-9,12,20H,4,10-11H2,1-3H3. The molecule has 118 valence electrons. The third kappa shape index (κ3) is 8.40. The molecule has 1 aromatic carbocycles. The summed E-state index contributed by atoms with van der Waals surface area (Å²) in [4.78, 5) is 0. The minimum Gasteiger partial charge on any atom is -0.406 e. The highest BCUT2D eigenvalue weighted by atomic mass is 19.4. The quantitative estimate of drug-likeness (QED) is 0.593. The highest BCUT2D eigenvalue weighted by molar-refractivity contribution is 5.29. The molecule has 0 heterocycles. The first-order valence-electron chi connectivity index (χ1n) is 7.00. The number of hydrogen-bond donors (Lipinski definition) is 1. The van der Waals surface area contributed by atoms with E-state index >= 15 is 0 Å². The summed E-state index contributed by atoms with van der Waals surface area (Å²) < 4.78 is 40.0. The molecule has 0 unspecified atom stereocenters. The van der Waals surface area contributed by atoms with Gasteiger partial charge in [-0.1, -0.05) is 37.6 Å². The van der Waals surface area contributed by atoms with Gasteiger partial charge in [0.25, 0.3) is 0 Å². The molecule has 0 bridgehead atoms. The Kier molecular flexibility index (Phi) is 6.75. The topological polar surface area (TPSA) is 21.3 Å². The van der Waals surface area contributed by atoms with Crippen LogP contribution in [0.15, 0.2) is 35.9 Å². The van der Waals surface area contributed by atoms with Gasteiger partial charge in [-0.15, -0.1) is 13.2 Å². The summed E-state index contributed by atoms with van der Waals surface area (Å²) in [5.41, 5.74) is 2.17. The van der Waals surface area contributed by atoms with Crippen molar-refractivity contribution < 1.29 is 17.9 Å². The van der Waals surface area contributed by atoms with E-state index < -0.39 is 6.36 Å². The van der Waals surface area contributed by atoms with Gasteiger partial charge in [-0.3, -0.25) is 0 Å². The molecule has 5 heteroatoms. The van der Waals surface area contributed by atoms with Crippen LogP contribution in [0.3, 0.4) is 0 Å². The van der Waals surface area contributed by atoms with Crippen LogP contribution in [0.5, 0.6) is 5.75 Å². The van der Waals surface area contributed by atoms with E-state index in [0.717, 1.165) is 24.9 Å². The van der Waals surface area contributed by atoms with Crippen LogP contribution in [-0.2, 0) is 6.42 Å². The maximum absolute atomic E-state index is 12.0. The molecule has 0 aliphatic rings. The highest BCUT2D eigenvalue weighted by Crippen LogP contribution is 2.23. The van der Waals surface area contributed by atoms with E-state index in [1.54, 1.807) is 12.1 Å². The van der Waals surface area contributed by atoms with Crippen molar-refractivity contribution in [3.8, 4) is 5.75 Å². The van der Waals surface area contributed by atoms with Gasteiger partial charge in [0.05, 0.1) is 0 Å². The van der Waals surface area contributed by atoms with Crippen molar-refractivity contribution in [2.75, 3.05) is 6.54 Å². The van der Waals surface area contributed by atoms with Crippen molar-refractivity contribution in [1.82, 2.24) is 5.32 Å². The van der Waals surface area contributed by atoms with Crippen molar-refractivity contribution in [1.29, 1.82) is 0 Å². The first-order valence-corrected chi connectivity index (χ1v) is 7.00. The van der Waals surface area contributed by atoms with Crippen LogP contribution in [0.4, 0.5) is 13.2 Å². The van der Waals surface area contributed by atoms with Gasteiger partial charge in [0.15, 0.2) is 0 Å². The third-order valence-electron chi connectivity index (χ3n) is 2.83. The Morgan fingerprint density at radius 1 is 1.24 bits per heavy atom. The molecule has 21 heavy (non-hydrogen) atoms. The first-order chi connectivity index (χ1) is 9.76. The molecule has 0 atom stereocenters. The Balaban J connectivity index is 2.46. The average Bonchev–Trinajstić information content (AvgIpc) is 2.35. The molecule has 0 saturated heterocycles. The number of halogens is 3. The minimum absolute atomic E-state index is 0.186. The number of ether oxygens (including phenoxy) is 1. The van der Waals surface area contributed by atoms with Gasteiger partial charge in [0.1, 0.15) is 5.75 Å². The molecular formula is C16H22F3NO. The van der Waals surface area contributed by atoms with Crippen LogP contribution >= 0.6 is 0 Å². The Morgan fingerprint density at radius 2 is 1.86 bits per heavy atom. The maximum Gasteiger partial charge on any atom is 0.573 e. The molecule has 2 nitrogen and oxygen atoms in total. The van der Waals surface area contributed by atoms with Gasteiger partial charge in [-0.05, 0) is 44.0 Å². The molecule has 0 aliphatic carbocycles. The molecule has 1 rings (SSSR count). The van der Waals surface area contributed by atoms with E-state index in [4.69, 9.17) is 0 Å². The molecule has 0 aromatic heterocycles. The molecule has 1 aromatic rings. The van der Waals surface area contributed by atoms with Crippen molar-refractivity contribution in [2.45, 2.75) is 46.0 Å². The monoisotopic (exact) mass is 301 g/mol. The fourth-order valence-corrected chi connectivity index (χ4v) is 1.89. The van der Waals surface area contributed by atoms with Gasteiger partial charge >= 0.3 is 6.36 Å². The Labute approximate surface area is 124 Å². The van der Waals surface area contributed by atoms with Crippen LogP contribution in [0.2, 0.25) is 0 Å². The molecule has 0 spiro atoms. The molecule has 0 saturated carbocycles. The van der Waals surface area contributed by atoms with Crippen LogP contribution in [0.1, 0.15) is 32.8 Å². The summed E-state index contributed by atoms with van der Waals surface area (Å²) in [5.74, 6) is -0.186. The number of benzene rings is 1. The summed E-state index contributed by atoms with van der Waals surface area (Å²) in [6.07, 6.45) is -0.816. The number of rotatable bonds is 7. The van der Waals surface area contributed by atoms with Crippen LogP contribution in [-0.4, -0.2) is 18.9 Å². The predicted octanol–water partition coefficient (Wildman–Crippen LogP) is 4.46. The Morgan fingerprint density at radius 3 is 2.38 bits per heavy atom. The van der Waals surface area contributed by atoms with Crippen LogP contribution in [0, 0.1) is 0 Å². The van der Waals surface area contributed by atoms with Gasteiger partial charge in [-0.25, -0.2) is 0 Å². The lowest BCUT2D eigenvalue weighted by Crippen LogP contribution is -2.23. The normalized spacial score (nSPS) is 12.8. The van der Waals surface area contributed by atoms with Crippen molar-refractivity contribution in [3.05, 3.63) is 41.5 Å². The van der Waals surface area contributed by atoms with Crippen molar-refractivity contribution >= 4 is 0 Å². The fraction of sp³-hybridized carbons (Fsp3) is 0.500. The van der Waals surface area contributed by atoms with Gasteiger partial charge in [0.2, 0.25) is 0 Å². The second-order valence-corrected chi connectivity index (χ2v) is 5.32. The van der Waals surface area contributed by atoms with E-state index in [2.05, 4.69) is 30.0 Å². The smallest absolute Gasteiger partial charge is 0.406 e. The lowest BCUT2D eigenvalue weighted by Gasteiger charge is -2.09. The van der Waals surface area contributed by atoms with Crippen LogP contribution in [0.25, 0.3) is 0 Å². The van der Waals surface area contributed by atoms with E-state index in [-0.39, 0.29) is 5.75 Å². The maximum atomic E-state index is 12.0. The summed E-state index contributed by atoms with van der Waals surface area (Å²) >= 11 is 0. The summed E-state index contributed by atoms with van der Waals surface area (Å²) in [6, 6.07) is 6.47. The van der Waals surface area contributed by atoms with Crippen molar-refractivity contribution in [2.24, 2.45) is 0 Å². The van der Waals surface area contributed by atoms with Gasteiger partial charge in [0, 0.05) is 6.04 Å². The number of allylic oxidation sites excluding steroid dienone is 1. The molecule has 0 radical (unpaired) electrons. The molecule has 0 amide bonds. The molecule has 0 fully saturated rings. The zero-order chi connectivity index (χ0) is 15.9. The van der Waals surface area contributed by atoms with E-state index in [1.807, 2.05) is 6.92 Å². The van der Waals surface area contributed by atoms with Gasteiger partial charge < -0.3 is 10.1 Å². The molecular weight excluding hydrogens is 279 g/mol. The van der Waals surface area contributed by atoms with E-state index in [1.165, 1.54) is 17.7 Å². The summed E-state index contributed by atoms with van der Waals surface area (Å²) in [7, 11) is 0. The first kappa shape index (κ1) is 17.6. The minimum atomic E-state index is -4.64. The van der Waals surface area contributed by atoms with Crippen LogP contribution < -0.4 is 10.1 Å². The lowest BCUT2D eigenvalue weighted by atomic mass is 10.1. The SMILES string of the molecule is CC(=CCCNC(C)C)Cc1ccc(OC(F)(F)F)cc1. The van der Waals surface area contributed by atoms with E-state index in [9.17, 15) is 13.2 Å². The Hall–Kier alpha value is -1.49. The number of hydrogen-bond acceptors (Lipinski definition) is 2. The van der Waals surface area contributed by atoms with Gasteiger partial charge in [-0.2, -0.15) is 0 Å². The molecule has 0 aliphatic heterocycles. The predicted molar refractivity (Wildman–Crippen MR) is 78.3 cm³/mol. The average molecular weight is 301 g/mol. The zero-order valence-corrected chi connectivity index (χ0v) is 12.6. The van der Waals surface area contributed by atoms with E-state index in [0.29, 0.717) is 6.04 Å². The molecule has 1 N–H and O–H groups in total. The third-order valence-corrected chi connectivity index (χ3v) is 2.83. The summed E-state index contributed by atoms with van der Waals surface area (Å²) in [5, 5.41) is 3.33. The van der Waals surface area contributed by atoms with Crippen molar-refractivity contribution in [3.63, 3.8) is 0 Å². The second kappa shape index (κ2) is 8.08.